The molecule has 1 aliphatic carbocycles. The third kappa shape index (κ3) is 5.61. The second-order valence-electron chi connectivity index (χ2n) is 5.79. The maximum atomic E-state index is 11.9. The van der Waals surface area contributed by atoms with E-state index in [-0.39, 0.29) is 30.3 Å². The molecule has 0 aliphatic heterocycles. The number of carbonyl (C=O) groups is 3. The van der Waals surface area contributed by atoms with Gasteiger partial charge in [0.2, 0.25) is 5.91 Å². The average molecular weight is 299 g/mol. The lowest BCUT2D eigenvalue weighted by molar-refractivity contribution is -0.141. The molecule has 1 aliphatic rings. The zero-order valence-electron chi connectivity index (χ0n) is 12.8. The Morgan fingerprint density at radius 1 is 1.24 bits per heavy atom. The number of hydrogen-bond donors (Lipinski definition) is 3. The highest BCUT2D eigenvalue weighted by Gasteiger charge is 2.39. The van der Waals surface area contributed by atoms with Gasteiger partial charge in [-0.2, -0.15) is 0 Å². The zero-order valence-corrected chi connectivity index (χ0v) is 12.8. The fourth-order valence-corrected chi connectivity index (χ4v) is 2.42. The molecule has 7 heteroatoms. The van der Waals surface area contributed by atoms with Crippen LogP contribution in [0.2, 0.25) is 0 Å². The largest absolute Gasteiger partial charge is 0.481 e. The number of urea groups is 1. The van der Waals surface area contributed by atoms with Crippen molar-refractivity contribution in [2.24, 2.45) is 5.41 Å². The van der Waals surface area contributed by atoms with Crippen LogP contribution in [0.3, 0.4) is 0 Å². The van der Waals surface area contributed by atoms with E-state index < -0.39 is 5.97 Å². The highest BCUT2D eigenvalue weighted by atomic mass is 16.4. The Hall–Kier alpha value is -1.79. The van der Waals surface area contributed by atoms with Crippen LogP contribution in [0.5, 0.6) is 0 Å². The summed E-state index contributed by atoms with van der Waals surface area (Å²) in [6.45, 7) is 2.89. The molecule has 1 saturated carbocycles. The minimum absolute atomic E-state index is 0.00222. The summed E-state index contributed by atoms with van der Waals surface area (Å²) in [6, 6.07) is -0.349. The van der Waals surface area contributed by atoms with Gasteiger partial charge in [0.1, 0.15) is 6.54 Å². The van der Waals surface area contributed by atoms with E-state index in [1.165, 1.54) is 4.90 Å². The van der Waals surface area contributed by atoms with Crippen molar-refractivity contribution >= 4 is 17.9 Å². The van der Waals surface area contributed by atoms with Crippen molar-refractivity contribution < 1.29 is 19.5 Å². The van der Waals surface area contributed by atoms with E-state index in [0.29, 0.717) is 13.1 Å². The van der Waals surface area contributed by atoms with Crippen LogP contribution in [0.4, 0.5) is 4.79 Å². The second-order valence-corrected chi connectivity index (χ2v) is 5.79. The molecule has 0 bridgehead atoms. The van der Waals surface area contributed by atoms with Crippen molar-refractivity contribution in [2.45, 2.75) is 39.0 Å². The Bertz CT molecular complexity index is 394. The van der Waals surface area contributed by atoms with Crippen LogP contribution in [0.1, 0.15) is 39.0 Å². The first-order chi connectivity index (χ1) is 9.88. The molecule has 1 rings (SSSR count). The van der Waals surface area contributed by atoms with Gasteiger partial charge in [-0.1, -0.05) is 13.3 Å². The van der Waals surface area contributed by atoms with Crippen LogP contribution in [-0.4, -0.2) is 54.6 Å². The average Bonchev–Trinajstić information content (AvgIpc) is 2.38. The fourth-order valence-electron chi connectivity index (χ4n) is 2.42. The number of carboxylic acids is 1. The molecule has 7 nitrogen and oxygen atoms in total. The second kappa shape index (κ2) is 7.85. The molecule has 0 radical (unpaired) electrons. The predicted molar refractivity (Wildman–Crippen MR) is 77.9 cm³/mol. The summed E-state index contributed by atoms with van der Waals surface area (Å²) in [4.78, 5) is 35.6. The van der Waals surface area contributed by atoms with Crippen molar-refractivity contribution in [1.82, 2.24) is 15.5 Å². The van der Waals surface area contributed by atoms with Crippen molar-refractivity contribution in [3.63, 3.8) is 0 Å². The fraction of sp³-hybridized carbons (Fsp3) is 0.786. The molecular formula is C14H25N3O4. The van der Waals surface area contributed by atoms with Crippen LogP contribution in [0.25, 0.3) is 0 Å². The van der Waals surface area contributed by atoms with Gasteiger partial charge in [-0.15, -0.1) is 0 Å². The lowest BCUT2D eigenvalue weighted by Crippen LogP contribution is -2.48. The molecule has 0 atom stereocenters. The Morgan fingerprint density at radius 3 is 2.38 bits per heavy atom. The molecule has 0 aromatic carbocycles. The number of nitrogens with one attached hydrogen (secondary N) is 2. The summed E-state index contributed by atoms with van der Waals surface area (Å²) in [5.41, 5.74) is -0.313. The first-order valence-corrected chi connectivity index (χ1v) is 7.36. The monoisotopic (exact) mass is 299 g/mol. The molecule has 0 aromatic rings. The summed E-state index contributed by atoms with van der Waals surface area (Å²) in [6.07, 6.45) is 3.56. The Kier molecular flexibility index (Phi) is 6.45. The van der Waals surface area contributed by atoms with Crippen molar-refractivity contribution in [3.8, 4) is 0 Å². The van der Waals surface area contributed by atoms with Gasteiger partial charge in [0.15, 0.2) is 0 Å². The smallest absolute Gasteiger partial charge is 0.317 e. The molecule has 0 saturated heterocycles. The third-order valence-electron chi connectivity index (χ3n) is 3.85. The highest BCUT2D eigenvalue weighted by molar-refractivity contribution is 5.83. The number of rotatable bonds is 8. The normalized spacial score (nSPS) is 15.7. The SMILES string of the molecule is CCCNC(=O)CN(C)C(=O)NCC1(CC(=O)O)CCC1. The lowest BCUT2D eigenvalue weighted by atomic mass is 9.66. The number of hydrogen-bond acceptors (Lipinski definition) is 3. The van der Waals surface area contributed by atoms with E-state index in [9.17, 15) is 14.4 Å². The van der Waals surface area contributed by atoms with Gasteiger partial charge in [0.05, 0.1) is 6.42 Å². The van der Waals surface area contributed by atoms with Gasteiger partial charge in [-0.05, 0) is 24.7 Å². The summed E-state index contributed by atoms with van der Waals surface area (Å²) < 4.78 is 0. The molecule has 0 heterocycles. The molecule has 3 N–H and O–H groups in total. The van der Waals surface area contributed by atoms with Gasteiger partial charge in [0.25, 0.3) is 0 Å². The van der Waals surface area contributed by atoms with Crippen LogP contribution in [0, 0.1) is 5.41 Å². The zero-order chi connectivity index (χ0) is 15.9. The third-order valence-corrected chi connectivity index (χ3v) is 3.85. The Balaban J connectivity index is 2.35. The molecular weight excluding hydrogens is 274 g/mol. The topological polar surface area (TPSA) is 98.7 Å². The molecule has 0 aromatic heterocycles. The highest BCUT2D eigenvalue weighted by Crippen LogP contribution is 2.43. The van der Waals surface area contributed by atoms with E-state index >= 15 is 0 Å². The van der Waals surface area contributed by atoms with Crippen molar-refractivity contribution in [3.05, 3.63) is 0 Å². The van der Waals surface area contributed by atoms with Crippen LogP contribution in [0.15, 0.2) is 0 Å². The molecule has 1 fully saturated rings. The summed E-state index contributed by atoms with van der Waals surface area (Å²) in [7, 11) is 1.55. The Morgan fingerprint density at radius 2 is 1.90 bits per heavy atom. The number of carboxylic acid groups (broad SMARTS) is 1. The number of likely N-dealkylation sites (N-methyl/N-ethyl adjacent to an activating group) is 1. The van der Waals surface area contributed by atoms with Crippen molar-refractivity contribution in [1.29, 1.82) is 0 Å². The molecule has 3 amide bonds. The number of amides is 3. The van der Waals surface area contributed by atoms with Crippen LogP contribution < -0.4 is 10.6 Å². The molecule has 0 unspecified atom stereocenters. The minimum Gasteiger partial charge on any atom is -0.481 e. The molecule has 120 valence electrons. The molecule has 0 spiro atoms. The first kappa shape index (κ1) is 17.3. The standard InChI is InChI=1S/C14H25N3O4/c1-3-7-15-11(18)9-17(2)13(21)16-10-14(5-4-6-14)8-12(19)20/h3-10H2,1-2H3,(H,15,18)(H,16,21)(H,19,20). The van der Waals surface area contributed by atoms with E-state index in [4.69, 9.17) is 5.11 Å². The number of aliphatic carboxylic acids is 1. The maximum absolute atomic E-state index is 11.9. The van der Waals surface area contributed by atoms with Crippen molar-refractivity contribution in [2.75, 3.05) is 26.7 Å². The van der Waals surface area contributed by atoms with E-state index in [2.05, 4.69) is 10.6 Å². The van der Waals surface area contributed by atoms with E-state index in [1.54, 1.807) is 7.05 Å². The lowest BCUT2D eigenvalue weighted by Gasteiger charge is -2.41. The molecule has 21 heavy (non-hydrogen) atoms. The van der Waals surface area contributed by atoms with Gasteiger partial charge >= 0.3 is 12.0 Å². The summed E-state index contributed by atoms with van der Waals surface area (Å²) >= 11 is 0. The van der Waals surface area contributed by atoms with E-state index in [1.807, 2.05) is 6.92 Å². The summed E-state index contributed by atoms with van der Waals surface area (Å²) in [5, 5.41) is 14.4. The quantitative estimate of drug-likeness (QED) is 0.617. The predicted octanol–water partition coefficient (Wildman–Crippen LogP) is 0.799. The maximum Gasteiger partial charge on any atom is 0.317 e. The van der Waals surface area contributed by atoms with Crippen LogP contribution in [-0.2, 0) is 9.59 Å². The number of carbonyl (C=O) groups excluding carboxylic acids is 2. The van der Waals surface area contributed by atoms with E-state index in [0.717, 1.165) is 25.7 Å². The Labute approximate surface area is 125 Å². The first-order valence-electron chi connectivity index (χ1n) is 7.36. The summed E-state index contributed by atoms with van der Waals surface area (Å²) in [5.74, 6) is -1.03. The van der Waals surface area contributed by atoms with Gasteiger partial charge in [-0.3, -0.25) is 9.59 Å². The van der Waals surface area contributed by atoms with Gasteiger partial charge < -0.3 is 20.6 Å². The van der Waals surface area contributed by atoms with Gasteiger partial charge in [-0.25, -0.2) is 4.79 Å². The van der Waals surface area contributed by atoms with Gasteiger partial charge in [0, 0.05) is 20.1 Å². The minimum atomic E-state index is -0.837. The van der Waals surface area contributed by atoms with Crippen LogP contribution >= 0.6 is 0 Å². The number of nitrogens with zero attached hydrogens (tertiary/aromatic N) is 1.